The molecule has 3 rings (SSSR count). The summed E-state index contributed by atoms with van der Waals surface area (Å²) in [6, 6.07) is 4.11. The van der Waals surface area contributed by atoms with Gasteiger partial charge in [0.1, 0.15) is 5.54 Å². The number of aromatic nitrogens is 1. The second-order valence-corrected chi connectivity index (χ2v) is 6.50. The van der Waals surface area contributed by atoms with Crippen LogP contribution in [-0.4, -0.2) is 48.2 Å². The lowest BCUT2D eigenvalue weighted by Gasteiger charge is -2.50. The second-order valence-electron chi connectivity index (χ2n) is 6.50. The van der Waals surface area contributed by atoms with Crippen molar-refractivity contribution in [3.8, 4) is 5.88 Å². The minimum atomic E-state index is -0.336. The quantitative estimate of drug-likeness (QED) is 0.781. The number of piperidine rings is 1. The molecule has 2 fully saturated rings. The summed E-state index contributed by atoms with van der Waals surface area (Å²) < 4.78 is 10.6. The summed E-state index contributed by atoms with van der Waals surface area (Å²) in [5.74, 6) is 1.17. The maximum atomic E-state index is 12.4. The number of hydrogen-bond acceptors (Lipinski definition) is 5. The highest BCUT2D eigenvalue weighted by molar-refractivity contribution is 5.82. The Hall–Kier alpha value is -1.62. The van der Waals surface area contributed by atoms with Gasteiger partial charge < -0.3 is 9.47 Å². The maximum Gasteiger partial charge on any atom is 0.326 e. The van der Waals surface area contributed by atoms with Crippen LogP contribution in [0.4, 0.5) is 0 Å². The number of pyridine rings is 1. The van der Waals surface area contributed by atoms with Crippen molar-refractivity contribution >= 4 is 5.97 Å². The molecule has 0 radical (unpaired) electrons. The highest BCUT2D eigenvalue weighted by Crippen LogP contribution is 2.42. The average Bonchev–Trinajstić information content (AvgIpc) is 2.55. The summed E-state index contributed by atoms with van der Waals surface area (Å²) in [5.41, 5.74) is 0.951. The van der Waals surface area contributed by atoms with E-state index in [0.29, 0.717) is 18.4 Å². The molecule has 0 N–H and O–H groups in total. The van der Waals surface area contributed by atoms with Gasteiger partial charge in [0.2, 0.25) is 5.88 Å². The van der Waals surface area contributed by atoms with Gasteiger partial charge in [-0.1, -0.05) is 0 Å². The predicted molar refractivity (Wildman–Crippen MR) is 87.6 cm³/mol. The molecular weight excluding hydrogens is 292 g/mol. The van der Waals surface area contributed by atoms with Gasteiger partial charge in [0, 0.05) is 12.3 Å². The van der Waals surface area contributed by atoms with E-state index in [1.807, 2.05) is 19.2 Å². The molecule has 1 aliphatic heterocycles. The van der Waals surface area contributed by atoms with Crippen LogP contribution in [0.5, 0.6) is 5.88 Å². The first-order valence-corrected chi connectivity index (χ1v) is 8.62. The molecule has 1 saturated carbocycles. The number of hydrogen-bond donors (Lipinski definition) is 0. The van der Waals surface area contributed by atoms with Gasteiger partial charge in [-0.25, -0.2) is 4.98 Å². The SMILES string of the molecule is CCOC(=O)C1(N2CCC(c3ccnc(OC)c3)CC2)CCC1. The van der Waals surface area contributed by atoms with Crippen LogP contribution in [0.2, 0.25) is 0 Å². The molecule has 0 unspecified atom stereocenters. The van der Waals surface area contributed by atoms with Gasteiger partial charge in [-0.15, -0.1) is 0 Å². The molecule has 1 aliphatic carbocycles. The van der Waals surface area contributed by atoms with Gasteiger partial charge in [0.05, 0.1) is 13.7 Å². The van der Waals surface area contributed by atoms with Crippen LogP contribution < -0.4 is 4.74 Å². The van der Waals surface area contributed by atoms with E-state index in [1.165, 1.54) is 5.56 Å². The van der Waals surface area contributed by atoms with Crippen molar-refractivity contribution in [1.29, 1.82) is 0 Å². The van der Waals surface area contributed by atoms with Crippen molar-refractivity contribution in [2.45, 2.75) is 50.5 Å². The van der Waals surface area contributed by atoms with Crippen LogP contribution in [0.3, 0.4) is 0 Å². The lowest BCUT2D eigenvalue weighted by Crippen LogP contribution is -2.61. The number of esters is 1. The molecule has 1 aromatic rings. The summed E-state index contributed by atoms with van der Waals surface area (Å²) in [6.07, 6.45) is 6.95. The molecule has 2 heterocycles. The van der Waals surface area contributed by atoms with E-state index >= 15 is 0 Å². The van der Waals surface area contributed by atoms with Crippen LogP contribution in [-0.2, 0) is 9.53 Å². The summed E-state index contributed by atoms with van der Waals surface area (Å²) in [4.78, 5) is 18.9. The Kier molecular flexibility index (Phi) is 4.85. The molecule has 0 atom stereocenters. The Labute approximate surface area is 138 Å². The zero-order valence-corrected chi connectivity index (χ0v) is 14.1. The fraction of sp³-hybridized carbons (Fsp3) is 0.667. The first kappa shape index (κ1) is 16.2. The van der Waals surface area contributed by atoms with Crippen molar-refractivity contribution in [3.05, 3.63) is 23.9 Å². The van der Waals surface area contributed by atoms with Gasteiger partial charge in [-0.2, -0.15) is 0 Å². The zero-order valence-electron chi connectivity index (χ0n) is 14.1. The number of carbonyl (C=O) groups excluding carboxylic acids is 1. The molecular formula is C18H26N2O3. The fourth-order valence-electron chi connectivity index (χ4n) is 3.86. The topological polar surface area (TPSA) is 51.7 Å². The van der Waals surface area contributed by atoms with Crippen molar-refractivity contribution in [1.82, 2.24) is 9.88 Å². The summed E-state index contributed by atoms with van der Waals surface area (Å²) in [7, 11) is 1.65. The van der Waals surface area contributed by atoms with E-state index in [9.17, 15) is 4.79 Å². The van der Waals surface area contributed by atoms with Crippen molar-refractivity contribution in [2.75, 3.05) is 26.8 Å². The predicted octanol–water partition coefficient (Wildman–Crippen LogP) is 2.76. The van der Waals surface area contributed by atoms with Crippen LogP contribution in [0, 0.1) is 0 Å². The molecule has 0 bridgehead atoms. The average molecular weight is 318 g/mol. The van der Waals surface area contributed by atoms with E-state index in [4.69, 9.17) is 9.47 Å². The molecule has 23 heavy (non-hydrogen) atoms. The molecule has 0 spiro atoms. The van der Waals surface area contributed by atoms with Gasteiger partial charge in [-0.3, -0.25) is 9.69 Å². The molecule has 126 valence electrons. The second kappa shape index (κ2) is 6.87. The monoisotopic (exact) mass is 318 g/mol. The highest BCUT2D eigenvalue weighted by Gasteiger charge is 2.50. The van der Waals surface area contributed by atoms with Crippen LogP contribution in [0.15, 0.2) is 18.3 Å². The van der Waals surface area contributed by atoms with Crippen molar-refractivity contribution in [3.63, 3.8) is 0 Å². The third-order valence-electron chi connectivity index (χ3n) is 5.38. The lowest BCUT2D eigenvalue weighted by atomic mass is 9.73. The lowest BCUT2D eigenvalue weighted by molar-refractivity contribution is -0.166. The summed E-state index contributed by atoms with van der Waals surface area (Å²) in [5, 5.41) is 0. The fourth-order valence-corrected chi connectivity index (χ4v) is 3.86. The number of likely N-dealkylation sites (tertiary alicyclic amines) is 1. The number of rotatable bonds is 5. The minimum absolute atomic E-state index is 0.0183. The molecule has 5 nitrogen and oxygen atoms in total. The first-order chi connectivity index (χ1) is 11.2. The van der Waals surface area contributed by atoms with Gasteiger partial charge in [-0.05, 0) is 69.7 Å². The Morgan fingerprint density at radius 2 is 2.13 bits per heavy atom. The van der Waals surface area contributed by atoms with Gasteiger partial charge in [0.15, 0.2) is 0 Å². The van der Waals surface area contributed by atoms with E-state index in [0.717, 1.165) is 45.2 Å². The van der Waals surface area contributed by atoms with E-state index in [-0.39, 0.29) is 11.5 Å². The molecule has 0 amide bonds. The van der Waals surface area contributed by atoms with Crippen LogP contribution in [0.1, 0.15) is 50.5 Å². The zero-order chi connectivity index (χ0) is 16.3. The molecule has 0 aromatic carbocycles. The highest BCUT2D eigenvalue weighted by atomic mass is 16.5. The summed E-state index contributed by atoms with van der Waals surface area (Å²) >= 11 is 0. The largest absolute Gasteiger partial charge is 0.481 e. The van der Waals surface area contributed by atoms with E-state index < -0.39 is 0 Å². The standard InChI is InChI=1S/C18H26N2O3/c1-3-23-17(21)18(8-4-9-18)20-11-6-14(7-12-20)15-5-10-19-16(13-15)22-2/h5,10,13-14H,3-4,6-9,11-12H2,1-2H3. The minimum Gasteiger partial charge on any atom is -0.481 e. The maximum absolute atomic E-state index is 12.4. The molecule has 2 aliphatic rings. The van der Waals surface area contributed by atoms with Gasteiger partial charge >= 0.3 is 5.97 Å². The van der Waals surface area contributed by atoms with Crippen LogP contribution >= 0.6 is 0 Å². The number of methoxy groups -OCH3 is 1. The Balaban J connectivity index is 1.64. The smallest absolute Gasteiger partial charge is 0.326 e. The van der Waals surface area contributed by atoms with Gasteiger partial charge in [0.25, 0.3) is 0 Å². The Morgan fingerprint density at radius 3 is 2.70 bits per heavy atom. The number of ether oxygens (including phenoxy) is 2. The third-order valence-corrected chi connectivity index (χ3v) is 5.38. The van der Waals surface area contributed by atoms with Crippen molar-refractivity contribution < 1.29 is 14.3 Å². The normalized spacial score (nSPS) is 21.5. The molecule has 5 heteroatoms. The third kappa shape index (κ3) is 3.07. The summed E-state index contributed by atoms with van der Waals surface area (Å²) in [6.45, 7) is 4.25. The first-order valence-electron chi connectivity index (χ1n) is 8.62. The molecule has 1 saturated heterocycles. The van der Waals surface area contributed by atoms with E-state index in [2.05, 4.69) is 16.0 Å². The number of carbonyl (C=O) groups is 1. The Morgan fingerprint density at radius 1 is 1.39 bits per heavy atom. The van der Waals surface area contributed by atoms with Crippen LogP contribution in [0.25, 0.3) is 0 Å². The van der Waals surface area contributed by atoms with Crippen molar-refractivity contribution in [2.24, 2.45) is 0 Å². The Bertz CT molecular complexity index is 549. The number of nitrogens with zero attached hydrogens (tertiary/aromatic N) is 2. The molecule has 1 aromatic heterocycles. The van der Waals surface area contributed by atoms with E-state index in [1.54, 1.807) is 7.11 Å².